The third-order valence-electron chi connectivity index (χ3n) is 3.43. The van der Waals surface area contributed by atoms with Crippen LogP contribution in [0.5, 0.6) is 0 Å². The van der Waals surface area contributed by atoms with Gasteiger partial charge in [-0.25, -0.2) is 8.42 Å². The molecule has 2 rings (SSSR count). The molecule has 0 saturated carbocycles. The molecule has 1 fully saturated rings. The van der Waals surface area contributed by atoms with Crippen LogP contribution in [-0.4, -0.2) is 26.9 Å². The molecule has 0 bridgehead atoms. The van der Waals surface area contributed by atoms with Gasteiger partial charge in [0.2, 0.25) is 15.9 Å². The summed E-state index contributed by atoms with van der Waals surface area (Å²) in [4.78, 5) is 11.8. The minimum Gasteiger partial charge on any atom is -0.355 e. The number of aryl methyl sites for hydroxylation is 1. The van der Waals surface area contributed by atoms with Crippen LogP contribution in [0.2, 0.25) is 0 Å². The van der Waals surface area contributed by atoms with Crippen molar-refractivity contribution in [3.63, 3.8) is 0 Å². The maximum absolute atomic E-state index is 12.3. The van der Waals surface area contributed by atoms with Crippen molar-refractivity contribution in [2.45, 2.75) is 37.2 Å². The smallest absolute Gasteiger partial charge is 0.241 e. The van der Waals surface area contributed by atoms with Gasteiger partial charge in [0.05, 0.1) is 4.90 Å². The number of sulfonamides is 1. The lowest BCUT2D eigenvalue weighted by Gasteiger charge is -2.22. The zero-order valence-corrected chi connectivity index (χ0v) is 12.2. The molecule has 1 aliphatic rings. The fourth-order valence-corrected chi connectivity index (χ4v) is 3.52. The first-order valence-corrected chi connectivity index (χ1v) is 8.02. The van der Waals surface area contributed by atoms with Crippen molar-refractivity contribution in [3.8, 4) is 0 Å². The molecule has 0 spiro atoms. The molecular formula is C13H19N3O3S. The summed E-state index contributed by atoms with van der Waals surface area (Å²) < 4.78 is 27.0. The van der Waals surface area contributed by atoms with E-state index in [1.165, 1.54) is 6.07 Å². The lowest BCUT2D eigenvalue weighted by atomic mass is 10.1. The fraction of sp³-hybridized carbons (Fsp3) is 0.462. The van der Waals surface area contributed by atoms with Gasteiger partial charge in [0, 0.05) is 13.1 Å². The zero-order chi connectivity index (χ0) is 14.8. The number of hydrogen-bond acceptors (Lipinski definition) is 4. The number of hydrogen-bond donors (Lipinski definition) is 3. The molecule has 1 aromatic rings. The highest BCUT2D eigenvalue weighted by molar-refractivity contribution is 7.89. The van der Waals surface area contributed by atoms with Gasteiger partial charge in [-0.05, 0) is 43.0 Å². The maximum Gasteiger partial charge on any atom is 0.241 e. The summed E-state index contributed by atoms with van der Waals surface area (Å²) in [7, 11) is -3.69. The topological polar surface area (TPSA) is 101 Å². The zero-order valence-electron chi connectivity index (χ0n) is 11.3. The molecule has 7 heteroatoms. The lowest BCUT2D eigenvalue weighted by Crippen LogP contribution is -2.50. The monoisotopic (exact) mass is 297 g/mol. The Bertz CT molecular complexity index is 613. The number of amides is 1. The molecule has 1 amide bonds. The highest BCUT2D eigenvalue weighted by Gasteiger charge is 2.27. The molecule has 1 atom stereocenters. The minimum absolute atomic E-state index is 0.158. The van der Waals surface area contributed by atoms with Crippen molar-refractivity contribution in [2.24, 2.45) is 5.73 Å². The highest BCUT2D eigenvalue weighted by Crippen LogP contribution is 2.16. The highest BCUT2D eigenvalue weighted by atomic mass is 32.2. The van der Waals surface area contributed by atoms with Crippen LogP contribution in [0, 0.1) is 6.92 Å². The minimum atomic E-state index is -3.69. The first kappa shape index (κ1) is 15.0. The van der Waals surface area contributed by atoms with Crippen LogP contribution in [-0.2, 0) is 21.4 Å². The Morgan fingerprint density at radius 3 is 2.80 bits per heavy atom. The largest absolute Gasteiger partial charge is 0.355 e. The van der Waals surface area contributed by atoms with E-state index in [1.54, 1.807) is 12.1 Å². The first-order chi connectivity index (χ1) is 9.44. The van der Waals surface area contributed by atoms with Gasteiger partial charge in [0.25, 0.3) is 0 Å². The molecule has 0 aromatic heterocycles. The van der Waals surface area contributed by atoms with Crippen LogP contribution in [0.25, 0.3) is 0 Å². The van der Waals surface area contributed by atoms with E-state index in [2.05, 4.69) is 10.0 Å². The summed E-state index contributed by atoms with van der Waals surface area (Å²) in [5, 5.41) is 2.65. The lowest BCUT2D eigenvalue weighted by molar-refractivity contribution is -0.124. The molecule has 110 valence electrons. The van der Waals surface area contributed by atoms with Crippen LogP contribution in [0.3, 0.4) is 0 Å². The molecule has 6 nitrogen and oxygen atoms in total. The van der Waals surface area contributed by atoms with Crippen LogP contribution in [0.4, 0.5) is 0 Å². The predicted octanol–water partition coefficient (Wildman–Crippen LogP) is 0.0106. The van der Waals surface area contributed by atoms with Gasteiger partial charge < -0.3 is 11.1 Å². The maximum atomic E-state index is 12.3. The van der Waals surface area contributed by atoms with Gasteiger partial charge in [0.1, 0.15) is 6.04 Å². The van der Waals surface area contributed by atoms with Gasteiger partial charge in [-0.1, -0.05) is 6.07 Å². The van der Waals surface area contributed by atoms with Crippen LogP contribution >= 0.6 is 0 Å². The van der Waals surface area contributed by atoms with E-state index in [-0.39, 0.29) is 10.8 Å². The molecule has 20 heavy (non-hydrogen) atoms. The second kappa shape index (κ2) is 5.90. The van der Waals surface area contributed by atoms with Crippen molar-refractivity contribution < 1.29 is 13.2 Å². The third kappa shape index (κ3) is 3.17. The molecule has 1 aliphatic heterocycles. The molecule has 1 saturated heterocycles. The quantitative estimate of drug-likeness (QED) is 0.728. The number of nitrogens with two attached hydrogens (primary N) is 1. The number of carbonyl (C=O) groups is 1. The molecule has 1 unspecified atom stereocenters. The van der Waals surface area contributed by atoms with E-state index in [0.29, 0.717) is 19.5 Å². The number of nitrogens with one attached hydrogen (secondary N) is 2. The summed E-state index contributed by atoms with van der Waals surface area (Å²) in [6.45, 7) is 2.78. The number of benzene rings is 1. The Labute approximate surface area is 118 Å². The Kier molecular flexibility index (Phi) is 4.42. The van der Waals surface area contributed by atoms with Crippen molar-refractivity contribution in [3.05, 3.63) is 29.3 Å². The normalized spacial score (nSPS) is 19.7. The summed E-state index contributed by atoms with van der Waals surface area (Å²) in [6, 6.07) is 4.09. The van der Waals surface area contributed by atoms with E-state index in [0.717, 1.165) is 17.5 Å². The molecule has 1 heterocycles. The van der Waals surface area contributed by atoms with Crippen LogP contribution in [0.1, 0.15) is 24.0 Å². The van der Waals surface area contributed by atoms with Crippen LogP contribution in [0.15, 0.2) is 23.1 Å². The Morgan fingerprint density at radius 2 is 2.20 bits per heavy atom. The Morgan fingerprint density at radius 1 is 1.45 bits per heavy atom. The fourth-order valence-electron chi connectivity index (χ4n) is 2.20. The van der Waals surface area contributed by atoms with Gasteiger partial charge in [-0.2, -0.15) is 4.72 Å². The van der Waals surface area contributed by atoms with E-state index in [4.69, 9.17) is 5.73 Å². The first-order valence-electron chi connectivity index (χ1n) is 6.53. The van der Waals surface area contributed by atoms with Gasteiger partial charge in [0.15, 0.2) is 0 Å². The van der Waals surface area contributed by atoms with E-state index < -0.39 is 16.1 Å². The van der Waals surface area contributed by atoms with Crippen molar-refractivity contribution in [2.75, 3.05) is 6.54 Å². The second-order valence-corrected chi connectivity index (χ2v) is 6.61. The van der Waals surface area contributed by atoms with Gasteiger partial charge in [-0.15, -0.1) is 0 Å². The SMILES string of the molecule is Cc1cc(S(=O)(=O)NC2CCCNC2=O)ccc1CN. The van der Waals surface area contributed by atoms with E-state index >= 15 is 0 Å². The summed E-state index contributed by atoms with van der Waals surface area (Å²) in [5.41, 5.74) is 7.28. The predicted molar refractivity (Wildman–Crippen MR) is 75.4 cm³/mol. The average Bonchev–Trinajstić information content (AvgIpc) is 2.41. The number of carbonyl (C=O) groups excluding carboxylic acids is 1. The Balaban J connectivity index is 2.21. The molecular weight excluding hydrogens is 278 g/mol. The van der Waals surface area contributed by atoms with Gasteiger partial charge in [-0.3, -0.25) is 4.79 Å². The van der Waals surface area contributed by atoms with Crippen molar-refractivity contribution in [1.29, 1.82) is 0 Å². The van der Waals surface area contributed by atoms with Crippen molar-refractivity contribution in [1.82, 2.24) is 10.0 Å². The van der Waals surface area contributed by atoms with Crippen LogP contribution < -0.4 is 15.8 Å². The summed E-state index contributed by atoms with van der Waals surface area (Å²) in [6.07, 6.45) is 1.29. The third-order valence-corrected chi connectivity index (χ3v) is 4.90. The molecule has 4 N–H and O–H groups in total. The summed E-state index contributed by atoms with van der Waals surface area (Å²) in [5.74, 6) is -0.268. The Hall–Kier alpha value is -1.44. The van der Waals surface area contributed by atoms with Crippen molar-refractivity contribution >= 4 is 15.9 Å². The molecule has 0 radical (unpaired) electrons. The van der Waals surface area contributed by atoms with E-state index in [9.17, 15) is 13.2 Å². The molecule has 1 aromatic carbocycles. The van der Waals surface area contributed by atoms with E-state index in [1.807, 2.05) is 6.92 Å². The standard InChI is InChI=1S/C13H19N3O3S/c1-9-7-11(5-4-10(9)8-14)20(18,19)16-12-3-2-6-15-13(12)17/h4-5,7,12,16H,2-3,6,8,14H2,1H3,(H,15,17). The summed E-state index contributed by atoms with van der Waals surface area (Å²) >= 11 is 0. The number of piperidine rings is 1. The van der Waals surface area contributed by atoms with Gasteiger partial charge >= 0.3 is 0 Å². The second-order valence-electron chi connectivity index (χ2n) is 4.90. The number of rotatable bonds is 4. The average molecular weight is 297 g/mol. The molecule has 0 aliphatic carbocycles.